The molecule has 114 valence electrons. The van der Waals surface area contributed by atoms with E-state index in [0.717, 1.165) is 35.7 Å². The van der Waals surface area contributed by atoms with Gasteiger partial charge in [-0.3, -0.25) is 4.90 Å². The van der Waals surface area contributed by atoms with E-state index >= 15 is 0 Å². The van der Waals surface area contributed by atoms with E-state index < -0.39 is 0 Å². The van der Waals surface area contributed by atoms with E-state index in [2.05, 4.69) is 16.8 Å². The van der Waals surface area contributed by atoms with Gasteiger partial charge in [0.05, 0.1) is 31.3 Å². The van der Waals surface area contributed by atoms with Crippen LogP contribution in [0.15, 0.2) is 12.1 Å². The lowest BCUT2D eigenvalue weighted by molar-refractivity contribution is 0.169. The summed E-state index contributed by atoms with van der Waals surface area (Å²) in [6.07, 6.45) is 3.91. The molecule has 1 aliphatic rings. The Morgan fingerprint density at radius 2 is 1.76 bits per heavy atom. The fraction of sp³-hybridized carbons (Fsp3) is 0.562. The quantitative estimate of drug-likeness (QED) is 0.939. The summed E-state index contributed by atoms with van der Waals surface area (Å²) < 4.78 is 10.7. The average molecular weight is 289 g/mol. The van der Waals surface area contributed by atoms with Crippen molar-refractivity contribution in [3.05, 3.63) is 18.0 Å². The third-order valence-corrected chi connectivity index (χ3v) is 4.34. The molecule has 5 heteroatoms. The molecule has 1 N–H and O–H groups in total. The summed E-state index contributed by atoms with van der Waals surface area (Å²) in [5.74, 6) is 2.46. The Hall–Kier alpha value is -1.75. The van der Waals surface area contributed by atoms with Crippen LogP contribution in [0.2, 0.25) is 0 Å². The number of fused-ring (bicyclic) bond motifs is 1. The van der Waals surface area contributed by atoms with Crippen LogP contribution in [0.4, 0.5) is 0 Å². The number of hydrogen-bond acceptors (Lipinski definition) is 4. The first-order valence-corrected chi connectivity index (χ1v) is 7.58. The molecule has 1 atom stereocenters. The molecule has 0 amide bonds. The van der Waals surface area contributed by atoms with Crippen LogP contribution in [-0.2, 0) is 0 Å². The van der Waals surface area contributed by atoms with Crippen molar-refractivity contribution in [1.82, 2.24) is 14.9 Å². The number of piperidine rings is 1. The highest BCUT2D eigenvalue weighted by Crippen LogP contribution is 2.32. The number of nitrogens with one attached hydrogen (secondary N) is 1. The molecule has 1 aromatic heterocycles. The first kappa shape index (κ1) is 14.2. The summed E-state index contributed by atoms with van der Waals surface area (Å²) in [5.41, 5.74) is 1.91. The molecule has 1 saturated heterocycles. The van der Waals surface area contributed by atoms with Gasteiger partial charge >= 0.3 is 0 Å². The summed E-state index contributed by atoms with van der Waals surface area (Å²) in [6, 6.07) is 4.19. The number of benzene rings is 1. The molecule has 1 unspecified atom stereocenters. The molecular formula is C16H23N3O2. The molecule has 3 rings (SSSR count). The Kier molecular flexibility index (Phi) is 4.01. The predicted octanol–water partition coefficient (Wildman–Crippen LogP) is 3.13. The third-order valence-electron chi connectivity index (χ3n) is 4.34. The number of hydrogen-bond donors (Lipinski definition) is 1. The molecule has 0 spiro atoms. The van der Waals surface area contributed by atoms with Crippen molar-refractivity contribution in [3.8, 4) is 11.5 Å². The number of nitrogens with zero attached hydrogens (tertiary/aromatic N) is 2. The van der Waals surface area contributed by atoms with Crippen LogP contribution in [0.25, 0.3) is 11.0 Å². The lowest BCUT2D eigenvalue weighted by Gasteiger charge is -2.31. The summed E-state index contributed by atoms with van der Waals surface area (Å²) in [5, 5.41) is 0. The van der Waals surface area contributed by atoms with Gasteiger partial charge in [0, 0.05) is 12.1 Å². The normalized spacial score (nSPS) is 17.9. The number of ether oxygens (including phenoxy) is 2. The molecule has 1 fully saturated rings. The number of H-pyrrole nitrogens is 1. The van der Waals surface area contributed by atoms with E-state index in [-0.39, 0.29) is 0 Å². The van der Waals surface area contributed by atoms with Crippen molar-refractivity contribution in [1.29, 1.82) is 0 Å². The molecule has 1 aliphatic heterocycles. The second-order valence-corrected chi connectivity index (χ2v) is 5.62. The Morgan fingerprint density at radius 3 is 2.43 bits per heavy atom. The smallest absolute Gasteiger partial charge is 0.163 e. The minimum absolute atomic E-state index is 0.315. The maximum atomic E-state index is 5.35. The molecular weight excluding hydrogens is 266 g/mol. The zero-order valence-corrected chi connectivity index (χ0v) is 13.0. The van der Waals surface area contributed by atoms with Crippen molar-refractivity contribution in [3.63, 3.8) is 0 Å². The zero-order valence-electron chi connectivity index (χ0n) is 13.0. The third kappa shape index (κ3) is 2.70. The van der Waals surface area contributed by atoms with Crippen LogP contribution >= 0.6 is 0 Å². The molecule has 5 nitrogen and oxygen atoms in total. The number of aromatic amines is 1. The van der Waals surface area contributed by atoms with E-state index in [1.807, 2.05) is 12.1 Å². The number of rotatable bonds is 4. The lowest BCUT2D eigenvalue weighted by Crippen LogP contribution is -2.32. The van der Waals surface area contributed by atoms with E-state index in [1.54, 1.807) is 14.2 Å². The van der Waals surface area contributed by atoms with Gasteiger partial charge in [-0.05, 0) is 32.9 Å². The summed E-state index contributed by atoms with van der Waals surface area (Å²) in [6.45, 7) is 4.53. The van der Waals surface area contributed by atoms with Gasteiger partial charge in [-0.2, -0.15) is 0 Å². The maximum absolute atomic E-state index is 5.35. The summed E-state index contributed by atoms with van der Waals surface area (Å²) in [7, 11) is 3.30. The molecule has 0 radical (unpaired) electrons. The molecule has 2 heterocycles. The highest BCUT2D eigenvalue weighted by Gasteiger charge is 2.21. The van der Waals surface area contributed by atoms with Crippen LogP contribution in [0.3, 0.4) is 0 Å². The van der Waals surface area contributed by atoms with Gasteiger partial charge in [-0.25, -0.2) is 4.98 Å². The number of imidazole rings is 1. The summed E-state index contributed by atoms with van der Waals surface area (Å²) in [4.78, 5) is 10.7. The Morgan fingerprint density at radius 1 is 1.10 bits per heavy atom. The van der Waals surface area contributed by atoms with Gasteiger partial charge in [0.1, 0.15) is 5.82 Å². The van der Waals surface area contributed by atoms with Gasteiger partial charge in [-0.1, -0.05) is 6.42 Å². The first-order valence-electron chi connectivity index (χ1n) is 7.58. The number of aromatic nitrogens is 2. The monoisotopic (exact) mass is 289 g/mol. The van der Waals surface area contributed by atoms with Crippen LogP contribution in [0.5, 0.6) is 11.5 Å². The van der Waals surface area contributed by atoms with E-state index in [9.17, 15) is 0 Å². The molecule has 21 heavy (non-hydrogen) atoms. The highest BCUT2D eigenvalue weighted by atomic mass is 16.5. The van der Waals surface area contributed by atoms with Crippen LogP contribution in [0, 0.1) is 0 Å². The lowest BCUT2D eigenvalue weighted by atomic mass is 10.1. The molecule has 0 bridgehead atoms. The number of methoxy groups -OCH3 is 2. The van der Waals surface area contributed by atoms with Crippen molar-refractivity contribution >= 4 is 11.0 Å². The van der Waals surface area contributed by atoms with Gasteiger partial charge in [0.15, 0.2) is 11.5 Å². The van der Waals surface area contributed by atoms with Gasteiger partial charge in [-0.15, -0.1) is 0 Å². The van der Waals surface area contributed by atoms with E-state index in [0.29, 0.717) is 11.8 Å². The minimum Gasteiger partial charge on any atom is -0.493 e. The van der Waals surface area contributed by atoms with Crippen molar-refractivity contribution < 1.29 is 9.47 Å². The first-order chi connectivity index (χ1) is 10.2. The van der Waals surface area contributed by atoms with Gasteiger partial charge in [0.2, 0.25) is 0 Å². The van der Waals surface area contributed by atoms with Gasteiger partial charge < -0.3 is 14.5 Å². The predicted molar refractivity (Wildman–Crippen MR) is 83.0 cm³/mol. The molecule has 1 aromatic carbocycles. The highest BCUT2D eigenvalue weighted by molar-refractivity contribution is 5.79. The standard InChI is InChI=1S/C16H23N3O2/c1-11(19-7-5-4-6-8-19)16-17-12-9-14(20-2)15(21-3)10-13(12)18-16/h9-11H,4-8H2,1-3H3,(H,17,18). The van der Waals surface area contributed by atoms with Crippen LogP contribution in [0.1, 0.15) is 38.1 Å². The van der Waals surface area contributed by atoms with Crippen LogP contribution < -0.4 is 9.47 Å². The average Bonchev–Trinajstić information content (AvgIpc) is 2.96. The Bertz CT molecular complexity index is 576. The fourth-order valence-corrected chi connectivity index (χ4v) is 3.03. The van der Waals surface area contributed by atoms with Crippen molar-refractivity contribution in [2.24, 2.45) is 0 Å². The summed E-state index contributed by atoms with van der Waals surface area (Å²) >= 11 is 0. The largest absolute Gasteiger partial charge is 0.493 e. The fourth-order valence-electron chi connectivity index (χ4n) is 3.03. The second-order valence-electron chi connectivity index (χ2n) is 5.62. The minimum atomic E-state index is 0.315. The molecule has 2 aromatic rings. The number of likely N-dealkylation sites (tertiary alicyclic amines) is 1. The van der Waals surface area contributed by atoms with E-state index in [1.165, 1.54) is 19.3 Å². The Labute approximate surface area is 125 Å². The van der Waals surface area contributed by atoms with E-state index in [4.69, 9.17) is 14.5 Å². The second kappa shape index (κ2) is 5.93. The maximum Gasteiger partial charge on any atom is 0.163 e. The van der Waals surface area contributed by atoms with Crippen molar-refractivity contribution in [2.75, 3.05) is 27.3 Å². The molecule has 0 aliphatic carbocycles. The van der Waals surface area contributed by atoms with Crippen molar-refractivity contribution in [2.45, 2.75) is 32.2 Å². The van der Waals surface area contributed by atoms with Gasteiger partial charge in [0.25, 0.3) is 0 Å². The topological polar surface area (TPSA) is 50.4 Å². The SMILES string of the molecule is COc1cc2nc(C(C)N3CCCCC3)[nH]c2cc1OC. The zero-order chi connectivity index (χ0) is 14.8. The molecule has 0 saturated carbocycles. The Balaban J connectivity index is 1.92. The van der Waals surface area contributed by atoms with Crippen LogP contribution in [-0.4, -0.2) is 42.2 Å².